The van der Waals surface area contributed by atoms with Gasteiger partial charge in [-0.2, -0.15) is 4.53 Å². The van der Waals surface area contributed by atoms with Crippen molar-refractivity contribution in [3.63, 3.8) is 0 Å². The van der Waals surface area contributed by atoms with Crippen LogP contribution < -0.4 is 11.7 Å². The summed E-state index contributed by atoms with van der Waals surface area (Å²) in [7, 11) is 0. The number of nitrogens with zero attached hydrogens (tertiary/aromatic N) is 3. The van der Waals surface area contributed by atoms with Crippen LogP contribution in [0.15, 0.2) is 12.3 Å². The maximum absolute atomic E-state index is 5.49. The van der Waals surface area contributed by atoms with E-state index in [1.165, 1.54) is 5.12 Å². The van der Waals surface area contributed by atoms with E-state index in [0.29, 0.717) is 6.54 Å². The monoisotopic (exact) mass is 149 g/mol. The summed E-state index contributed by atoms with van der Waals surface area (Å²) in [4.78, 5) is 0. The third-order valence-corrected chi connectivity index (χ3v) is 1.25. The summed E-state index contributed by atoms with van der Waals surface area (Å²) >= 11 is 5.49. The molecule has 5 nitrogen and oxygen atoms in total. The van der Waals surface area contributed by atoms with Crippen LogP contribution >= 0.6 is 11.8 Å². The second kappa shape index (κ2) is 2.51. The molecule has 6 heteroatoms. The molecule has 1 aliphatic rings. The molecular weight excluding hydrogens is 142 g/mol. The number of hydrazine groups is 4. The third kappa shape index (κ3) is 1.32. The molecule has 4 N–H and O–H groups in total. The number of halogens is 1. The number of hydrogen-bond acceptors (Lipinski definition) is 5. The van der Waals surface area contributed by atoms with Crippen LogP contribution in [-0.4, -0.2) is 21.4 Å². The molecular formula is C3H8ClN5. The predicted octanol–water partition coefficient (Wildman–Crippen LogP) is -0.849. The van der Waals surface area contributed by atoms with Crippen LogP contribution in [0.5, 0.6) is 0 Å². The van der Waals surface area contributed by atoms with Gasteiger partial charge in [0.15, 0.2) is 0 Å². The Kier molecular flexibility index (Phi) is 1.89. The van der Waals surface area contributed by atoms with E-state index in [-0.39, 0.29) is 0 Å². The molecule has 0 fully saturated rings. The van der Waals surface area contributed by atoms with Gasteiger partial charge >= 0.3 is 0 Å². The summed E-state index contributed by atoms with van der Waals surface area (Å²) in [6.45, 7) is 0.569. The standard InChI is InChI=1S/C3H8ClN5/c4-7-2-1-3-8(5)9(7)6/h1-2H,3,5-6H2. The Hall–Kier alpha value is -0.330. The van der Waals surface area contributed by atoms with Crippen molar-refractivity contribution in [3.8, 4) is 0 Å². The first-order chi connectivity index (χ1) is 4.22. The Bertz CT molecular complexity index is 125. The quantitative estimate of drug-likeness (QED) is 0.347. The average Bonchev–Trinajstić information content (AvgIpc) is 1.83. The summed E-state index contributed by atoms with van der Waals surface area (Å²) in [5.41, 5.74) is 0. The minimum atomic E-state index is 0.569. The zero-order valence-corrected chi connectivity index (χ0v) is 5.49. The molecule has 0 saturated heterocycles. The minimum Gasteiger partial charge on any atom is -0.252 e. The first-order valence-corrected chi connectivity index (χ1v) is 2.74. The van der Waals surface area contributed by atoms with E-state index < -0.39 is 0 Å². The molecule has 52 valence electrons. The van der Waals surface area contributed by atoms with E-state index in [1.807, 2.05) is 0 Å². The van der Waals surface area contributed by atoms with Crippen molar-refractivity contribution in [2.24, 2.45) is 11.7 Å². The molecule has 0 spiro atoms. The molecule has 0 bridgehead atoms. The molecule has 0 atom stereocenters. The summed E-state index contributed by atoms with van der Waals surface area (Å²) in [6, 6.07) is 0. The van der Waals surface area contributed by atoms with Crippen molar-refractivity contribution in [1.29, 1.82) is 0 Å². The van der Waals surface area contributed by atoms with Crippen molar-refractivity contribution in [2.75, 3.05) is 6.54 Å². The highest BCUT2D eigenvalue weighted by Gasteiger charge is 2.13. The Morgan fingerprint density at radius 1 is 1.44 bits per heavy atom. The highest BCUT2D eigenvalue weighted by molar-refractivity contribution is 6.13. The fourth-order valence-electron chi connectivity index (χ4n) is 0.504. The molecule has 0 aromatic heterocycles. The molecule has 1 heterocycles. The Morgan fingerprint density at radius 2 is 2.11 bits per heavy atom. The fraction of sp³-hybridized carbons (Fsp3) is 0.333. The topological polar surface area (TPSA) is 61.8 Å². The lowest BCUT2D eigenvalue weighted by atomic mass is 10.6. The summed E-state index contributed by atoms with van der Waals surface area (Å²) < 4.78 is 1.16. The van der Waals surface area contributed by atoms with E-state index in [0.717, 1.165) is 9.75 Å². The highest BCUT2D eigenvalue weighted by Crippen LogP contribution is 2.03. The van der Waals surface area contributed by atoms with E-state index >= 15 is 0 Å². The van der Waals surface area contributed by atoms with Crippen LogP contribution in [-0.2, 0) is 0 Å². The van der Waals surface area contributed by atoms with Crippen molar-refractivity contribution >= 4 is 11.8 Å². The SMILES string of the molecule is NN1CC=CN(Cl)N1N. The third-order valence-electron chi connectivity index (χ3n) is 0.980. The minimum absolute atomic E-state index is 0.569. The van der Waals surface area contributed by atoms with E-state index in [4.69, 9.17) is 23.5 Å². The van der Waals surface area contributed by atoms with Crippen molar-refractivity contribution in [2.45, 2.75) is 0 Å². The average molecular weight is 150 g/mol. The van der Waals surface area contributed by atoms with Crippen LogP contribution in [0.3, 0.4) is 0 Å². The Morgan fingerprint density at radius 3 is 2.56 bits per heavy atom. The van der Waals surface area contributed by atoms with Gasteiger partial charge in [-0.15, -0.1) is 5.12 Å². The van der Waals surface area contributed by atoms with Gasteiger partial charge in [-0.05, 0) is 6.08 Å². The molecule has 0 radical (unpaired) electrons. The maximum Gasteiger partial charge on any atom is 0.0519 e. The van der Waals surface area contributed by atoms with Gasteiger partial charge in [0, 0.05) is 18.0 Å². The molecule has 0 saturated carbocycles. The molecule has 0 aromatic rings. The van der Waals surface area contributed by atoms with Gasteiger partial charge in [-0.25, -0.2) is 5.84 Å². The number of rotatable bonds is 0. The first-order valence-electron chi connectivity index (χ1n) is 2.40. The van der Waals surface area contributed by atoms with Gasteiger partial charge in [0.05, 0.1) is 6.54 Å². The lowest BCUT2D eigenvalue weighted by Gasteiger charge is -2.32. The number of nitrogens with two attached hydrogens (primary N) is 2. The predicted molar refractivity (Wildman–Crippen MR) is 33.8 cm³/mol. The second-order valence-electron chi connectivity index (χ2n) is 1.62. The summed E-state index contributed by atoms with van der Waals surface area (Å²) in [5, 5.41) is 2.37. The van der Waals surface area contributed by atoms with Crippen LogP contribution in [0.25, 0.3) is 0 Å². The van der Waals surface area contributed by atoms with Gasteiger partial charge in [-0.3, -0.25) is 5.84 Å². The Labute approximate surface area is 58.0 Å². The maximum atomic E-state index is 5.49. The van der Waals surface area contributed by atoms with Crippen LogP contribution in [0.2, 0.25) is 0 Å². The van der Waals surface area contributed by atoms with Gasteiger partial charge in [0.2, 0.25) is 0 Å². The molecule has 0 amide bonds. The molecule has 0 aromatic carbocycles. The lowest BCUT2D eigenvalue weighted by Crippen LogP contribution is -2.57. The highest BCUT2D eigenvalue weighted by atomic mass is 35.5. The zero-order chi connectivity index (χ0) is 6.85. The van der Waals surface area contributed by atoms with Crippen LogP contribution in [0.4, 0.5) is 0 Å². The van der Waals surface area contributed by atoms with Gasteiger partial charge in [0.25, 0.3) is 0 Å². The van der Waals surface area contributed by atoms with Crippen LogP contribution in [0, 0.1) is 0 Å². The smallest absolute Gasteiger partial charge is 0.0519 e. The van der Waals surface area contributed by atoms with Crippen LogP contribution in [0.1, 0.15) is 0 Å². The summed E-state index contributed by atoms with van der Waals surface area (Å²) in [5.74, 6) is 10.6. The van der Waals surface area contributed by atoms with Crippen molar-refractivity contribution in [3.05, 3.63) is 12.3 Å². The summed E-state index contributed by atoms with van der Waals surface area (Å²) in [6.07, 6.45) is 3.40. The lowest BCUT2D eigenvalue weighted by molar-refractivity contribution is -0.126. The first kappa shape index (κ1) is 6.79. The second-order valence-corrected chi connectivity index (χ2v) is 1.96. The molecule has 0 unspecified atom stereocenters. The van der Waals surface area contributed by atoms with Gasteiger partial charge < -0.3 is 0 Å². The van der Waals surface area contributed by atoms with E-state index in [2.05, 4.69) is 0 Å². The Balaban J connectivity index is 2.58. The normalized spacial score (nSPS) is 23.2. The van der Waals surface area contributed by atoms with Crippen molar-refractivity contribution < 1.29 is 0 Å². The van der Waals surface area contributed by atoms with Gasteiger partial charge in [0.1, 0.15) is 0 Å². The number of hydrogen-bond donors (Lipinski definition) is 2. The van der Waals surface area contributed by atoms with Crippen molar-refractivity contribution in [1.82, 2.24) is 14.9 Å². The molecule has 1 rings (SSSR count). The van der Waals surface area contributed by atoms with E-state index in [1.54, 1.807) is 12.3 Å². The molecule has 9 heavy (non-hydrogen) atoms. The zero-order valence-electron chi connectivity index (χ0n) is 4.74. The fourth-order valence-corrected chi connectivity index (χ4v) is 0.670. The molecule has 1 aliphatic heterocycles. The molecule has 0 aliphatic carbocycles. The van der Waals surface area contributed by atoms with Gasteiger partial charge in [-0.1, -0.05) is 5.23 Å². The largest absolute Gasteiger partial charge is 0.252 e. The van der Waals surface area contributed by atoms with E-state index in [9.17, 15) is 0 Å².